The van der Waals surface area contributed by atoms with Gasteiger partial charge in [-0.1, -0.05) is 28.4 Å². The number of halogens is 2. The van der Waals surface area contributed by atoms with Gasteiger partial charge in [0.15, 0.2) is 5.78 Å². The molecular weight excluding hydrogens is 344 g/mol. The Labute approximate surface area is 119 Å². The molecule has 0 heterocycles. The zero-order valence-corrected chi connectivity index (χ0v) is 12.7. The third kappa shape index (κ3) is 3.29. The summed E-state index contributed by atoms with van der Waals surface area (Å²) in [6.45, 7) is 0. The first kappa shape index (κ1) is 13.0. The number of allylic oxidation sites excluding steroid dienone is 2. The molecule has 90 valence electrons. The molecule has 0 atom stereocenters. The molecule has 1 aliphatic carbocycles. The van der Waals surface area contributed by atoms with Crippen LogP contribution < -0.4 is 0 Å². The number of hydrogen-bond acceptors (Lipinski definition) is 1. The second-order valence-electron chi connectivity index (χ2n) is 4.28. The Balaban J connectivity index is 2.27. The number of benzene rings is 1. The van der Waals surface area contributed by atoms with Crippen molar-refractivity contribution in [3.8, 4) is 0 Å². The van der Waals surface area contributed by atoms with Crippen LogP contribution in [0.15, 0.2) is 38.8 Å². The lowest BCUT2D eigenvalue weighted by atomic mass is 10.00. The number of carbonyl (C=O) groups excluding carboxylic acids is 1. The maximum Gasteiger partial charge on any atom is 0.189 e. The highest BCUT2D eigenvalue weighted by Crippen LogP contribution is 2.27. The molecule has 1 aliphatic rings. The van der Waals surface area contributed by atoms with E-state index < -0.39 is 0 Å². The van der Waals surface area contributed by atoms with E-state index >= 15 is 0 Å². The van der Waals surface area contributed by atoms with Crippen LogP contribution in [0.5, 0.6) is 0 Å². The average Bonchev–Trinajstić information content (AvgIpc) is 2.56. The van der Waals surface area contributed by atoms with Crippen LogP contribution >= 0.6 is 31.9 Å². The van der Waals surface area contributed by atoms with Crippen LogP contribution in [0.3, 0.4) is 0 Å². The van der Waals surface area contributed by atoms with E-state index in [0.29, 0.717) is 0 Å². The zero-order valence-electron chi connectivity index (χ0n) is 9.51. The molecule has 0 aliphatic heterocycles. The van der Waals surface area contributed by atoms with Gasteiger partial charge < -0.3 is 0 Å². The van der Waals surface area contributed by atoms with Crippen molar-refractivity contribution < 1.29 is 4.79 Å². The summed E-state index contributed by atoms with van der Waals surface area (Å²) in [6, 6.07) is 5.71. The van der Waals surface area contributed by atoms with Crippen LogP contribution in [0, 0.1) is 0 Å². The van der Waals surface area contributed by atoms with Gasteiger partial charge in [-0.15, -0.1) is 0 Å². The molecule has 1 aromatic rings. The maximum atomic E-state index is 12.4. The normalized spacial score (nSPS) is 16.2. The molecule has 2 rings (SSSR count). The van der Waals surface area contributed by atoms with Crippen LogP contribution in [0.25, 0.3) is 0 Å². The van der Waals surface area contributed by atoms with Gasteiger partial charge in [-0.05, 0) is 65.4 Å². The first-order valence-electron chi connectivity index (χ1n) is 5.87. The maximum absolute atomic E-state index is 12.4. The summed E-state index contributed by atoms with van der Waals surface area (Å²) in [4.78, 5) is 12.4. The van der Waals surface area contributed by atoms with Crippen molar-refractivity contribution in [2.24, 2.45) is 0 Å². The Morgan fingerprint density at radius 2 is 1.94 bits per heavy atom. The second-order valence-corrected chi connectivity index (χ2v) is 6.05. The van der Waals surface area contributed by atoms with Crippen LogP contribution in [0.2, 0.25) is 0 Å². The van der Waals surface area contributed by atoms with Gasteiger partial charge in [0.25, 0.3) is 0 Å². The van der Waals surface area contributed by atoms with Crippen LogP contribution in [-0.4, -0.2) is 5.78 Å². The Hall–Kier alpha value is -0.410. The van der Waals surface area contributed by atoms with E-state index in [1.807, 2.05) is 18.2 Å². The minimum Gasteiger partial charge on any atom is -0.289 e. The van der Waals surface area contributed by atoms with E-state index in [-0.39, 0.29) is 5.78 Å². The minimum absolute atomic E-state index is 0.172. The van der Waals surface area contributed by atoms with Crippen LogP contribution in [0.4, 0.5) is 0 Å². The summed E-state index contributed by atoms with van der Waals surface area (Å²) in [5.41, 5.74) is 1.74. The molecule has 0 spiro atoms. The van der Waals surface area contributed by atoms with Crippen molar-refractivity contribution in [1.29, 1.82) is 0 Å². The largest absolute Gasteiger partial charge is 0.289 e. The second kappa shape index (κ2) is 5.96. The SMILES string of the molecule is O=C(C1=CCCCCC1)c1ccc(Br)cc1Br. The molecular formula is C14H14Br2O. The standard InChI is InChI=1S/C14H14Br2O/c15-11-7-8-12(13(16)9-11)14(17)10-5-3-1-2-4-6-10/h5,7-9H,1-4,6H2. The third-order valence-electron chi connectivity index (χ3n) is 3.01. The van der Waals surface area contributed by atoms with Gasteiger partial charge in [0.05, 0.1) is 0 Å². The molecule has 0 N–H and O–H groups in total. The lowest BCUT2D eigenvalue weighted by molar-refractivity contribution is 0.102. The summed E-state index contributed by atoms with van der Waals surface area (Å²) < 4.78 is 1.85. The van der Waals surface area contributed by atoms with Crippen molar-refractivity contribution >= 4 is 37.6 Å². The molecule has 3 heteroatoms. The Kier molecular flexibility index (Phi) is 4.57. The summed E-state index contributed by atoms with van der Waals surface area (Å²) in [5.74, 6) is 0.172. The Bertz CT molecular complexity index is 463. The van der Waals surface area contributed by atoms with Gasteiger partial charge in [0, 0.05) is 14.5 Å². The monoisotopic (exact) mass is 356 g/mol. The smallest absolute Gasteiger partial charge is 0.189 e. The molecule has 0 saturated heterocycles. The Morgan fingerprint density at radius 3 is 2.71 bits per heavy atom. The number of ketones is 1. The highest BCUT2D eigenvalue weighted by atomic mass is 79.9. The molecule has 0 radical (unpaired) electrons. The fourth-order valence-electron chi connectivity index (χ4n) is 2.07. The van der Waals surface area contributed by atoms with E-state index in [1.54, 1.807) is 0 Å². The number of Topliss-reactive ketones (excluding diaryl/α,β-unsaturated/α-hetero) is 1. The first-order chi connectivity index (χ1) is 8.18. The molecule has 0 saturated carbocycles. The van der Waals surface area contributed by atoms with E-state index in [2.05, 4.69) is 37.9 Å². The van der Waals surface area contributed by atoms with E-state index in [4.69, 9.17) is 0 Å². The van der Waals surface area contributed by atoms with E-state index in [9.17, 15) is 4.79 Å². The fraction of sp³-hybridized carbons (Fsp3) is 0.357. The van der Waals surface area contributed by atoms with Crippen molar-refractivity contribution in [2.75, 3.05) is 0 Å². The molecule has 1 nitrogen and oxygen atoms in total. The number of hydrogen-bond donors (Lipinski definition) is 0. The lowest BCUT2D eigenvalue weighted by Gasteiger charge is -2.07. The molecule has 0 bridgehead atoms. The number of rotatable bonds is 2. The predicted molar refractivity (Wildman–Crippen MR) is 77.3 cm³/mol. The predicted octanol–water partition coefficient (Wildman–Crippen LogP) is 5.28. The molecule has 0 fully saturated rings. The van der Waals surface area contributed by atoms with Crippen LogP contribution in [0.1, 0.15) is 42.5 Å². The fourth-order valence-corrected chi connectivity index (χ4v) is 3.29. The van der Waals surface area contributed by atoms with E-state index in [1.165, 1.54) is 12.8 Å². The van der Waals surface area contributed by atoms with Crippen molar-refractivity contribution in [3.63, 3.8) is 0 Å². The molecule has 0 unspecified atom stereocenters. The minimum atomic E-state index is 0.172. The van der Waals surface area contributed by atoms with Crippen molar-refractivity contribution in [3.05, 3.63) is 44.4 Å². The first-order valence-corrected chi connectivity index (χ1v) is 7.46. The molecule has 17 heavy (non-hydrogen) atoms. The van der Waals surface area contributed by atoms with Gasteiger partial charge in [0.2, 0.25) is 0 Å². The summed E-state index contributed by atoms with van der Waals surface area (Å²) >= 11 is 6.85. The van der Waals surface area contributed by atoms with Crippen molar-refractivity contribution in [2.45, 2.75) is 32.1 Å². The van der Waals surface area contributed by atoms with E-state index in [0.717, 1.165) is 39.3 Å². The average molecular weight is 358 g/mol. The van der Waals surface area contributed by atoms with Crippen molar-refractivity contribution in [1.82, 2.24) is 0 Å². The molecule has 1 aromatic carbocycles. The Morgan fingerprint density at radius 1 is 1.12 bits per heavy atom. The van der Waals surface area contributed by atoms with Gasteiger partial charge in [-0.25, -0.2) is 0 Å². The summed E-state index contributed by atoms with van der Waals surface area (Å²) in [6.07, 6.45) is 7.64. The van der Waals surface area contributed by atoms with Gasteiger partial charge in [-0.3, -0.25) is 4.79 Å². The molecule has 0 amide bonds. The van der Waals surface area contributed by atoms with Gasteiger partial charge >= 0.3 is 0 Å². The molecule has 0 aromatic heterocycles. The number of carbonyl (C=O) groups is 1. The topological polar surface area (TPSA) is 17.1 Å². The summed E-state index contributed by atoms with van der Waals surface area (Å²) in [5, 5.41) is 0. The van der Waals surface area contributed by atoms with Crippen LogP contribution in [-0.2, 0) is 0 Å². The lowest BCUT2D eigenvalue weighted by Crippen LogP contribution is -2.04. The third-order valence-corrected chi connectivity index (χ3v) is 4.16. The zero-order chi connectivity index (χ0) is 12.3. The van der Waals surface area contributed by atoms with Gasteiger partial charge in [-0.2, -0.15) is 0 Å². The summed E-state index contributed by atoms with van der Waals surface area (Å²) in [7, 11) is 0. The quantitative estimate of drug-likeness (QED) is 0.657. The highest BCUT2D eigenvalue weighted by Gasteiger charge is 2.16. The highest BCUT2D eigenvalue weighted by molar-refractivity contribution is 9.11. The van der Waals surface area contributed by atoms with Gasteiger partial charge in [0.1, 0.15) is 0 Å².